The van der Waals surface area contributed by atoms with Gasteiger partial charge in [0.1, 0.15) is 19.0 Å². The fourth-order valence-corrected chi connectivity index (χ4v) is 2.75. The average Bonchev–Trinajstić information content (AvgIpc) is 2.66. The van der Waals surface area contributed by atoms with Gasteiger partial charge in [-0.25, -0.2) is 9.97 Å². The van der Waals surface area contributed by atoms with Gasteiger partial charge in [0.2, 0.25) is 0 Å². The molecule has 0 amide bonds. The summed E-state index contributed by atoms with van der Waals surface area (Å²) in [5.41, 5.74) is 0. The highest BCUT2D eigenvalue weighted by atomic mass is 16.5. The number of hydrogen-bond acceptors (Lipinski definition) is 7. The van der Waals surface area contributed by atoms with Gasteiger partial charge in [0.15, 0.2) is 5.82 Å². The molecule has 1 fully saturated rings. The van der Waals surface area contributed by atoms with Gasteiger partial charge >= 0.3 is 0 Å². The second-order valence-electron chi connectivity index (χ2n) is 5.53. The molecule has 3 rings (SSSR count). The summed E-state index contributed by atoms with van der Waals surface area (Å²) in [5.74, 6) is 2.11. The Hall–Kier alpha value is -2.41. The Balaban J connectivity index is 1.59. The molecular formula is C17H23N5O2. The average molecular weight is 329 g/mol. The monoisotopic (exact) mass is 329 g/mol. The van der Waals surface area contributed by atoms with Crippen LogP contribution in [0.4, 0.5) is 5.82 Å². The van der Waals surface area contributed by atoms with Crippen LogP contribution in [0.2, 0.25) is 0 Å². The number of pyridine rings is 1. The minimum Gasteiger partial charge on any atom is -0.488 e. The second-order valence-corrected chi connectivity index (χ2v) is 5.53. The van der Waals surface area contributed by atoms with Gasteiger partial charge in [-0.1, -0.05) is 6.92 Å². The molecule has 0 aliphatic carbocycles. The molecule has 0 spiro atoms. The summed E-state index contributed by atoms with van der Waals surface area (Å²) in [6.45, 7) is 5.82. The van der Waals surface area contributed by atoms with Crippen LogP contribution in [-0.4, -0.2) is 53.8 Å². The molecule has 1 unspecified atom stereocenters. The lowest BCUT2D eigenvalue weighted by molar-refractivity contribution is 0.211. The van der Waals surface area contributed by atoms with Gasteiger partial charge in [0.25, 0.3) is 5.88 Å². The minimum absolute atomic E-state index is 0.406. The second kappa shape index (κ2) is 8.44. The van der Waals surface area contributed by atoms with E-state index in [9.17, 15) is 0 Å². The third-order valence-electron chi connectivity index (χ3n) is 3.97. The fraction of sp³-hybridized carbons (Fsp3) is 0.471. The molecule has 0 radical (unpaired) electrons. The van der Waals surface area contributed by atoms with Gasteiger partial charge in [-0.2, -0.15) is 0 Å². The Kier molecular flexibility index (Phi) is 5.79. The fourth-order valence-electron chi connectivity index (χ4n) is 2.75. The van der Waals surface area contributed by atoms with Crippen LogP contribution >= 0.6 is 0 Å². The lowest BCUT2D eigenvalue weighted by atomic mass is 10.1. The number of ether oxygens (including phenoxy) is 2. The summed E-state index contributed by atoms with van der Waals surface area (Å²) in [4.78, 5) is 15.1. The highest BCUT2D eigenvalue weighted by Crippen LogP contribution is 2.26. The number of nitrogens with zero attached hydrogens (tertiary/aromatic N) is 4. The van der Waals surface area contributed by atoms with E-state index in [-0.39, 0.29) is 0 Å². The van der Waals surface area contributed by atoms with Crippen LogP contribution in [0.25, 0.3) is 0 Å². The molecular weight excluding hydrogens is 306 g/mol. The molecule has 7 nitrogen and oxygen atoms in total. The molecule has 7 heteroatoms. The molecule has 1 aliphatic rings. The summed E-state index contributed by atoms with van der Waals surface area (Å²) < 4.78 is 11.4. The van der Waals surface area contributed by atoms with E-state index in [1.165, 1.54) is 0 Å². The summed E-state index contributed by atoms with van der Waals surface area (Å²) in [6.07, 6.45) is 7.81. The maximum absolute atomic E-state index is 5.82. The summed E-state index contributed by atoms with van der Waals surface area (Å²) in [5, 5.41) is 3.42. The lowest BCUT2D eigenvalue weighted by Crippen LogP contribution is -2.51. The quantitative estimate of drug-likeness (QED) is 0.772. The van der Waals surface area contributed by atoms with Crippen LogP contribution in [0.1, 0.15) is 13.3 Å². The topological polar surface area (TPSA) is 72.4 Å². The van der Waals surface area contributed by atoms with Crippen molar-refractivity contribution < 1.29 is 9.47 Å². The van der Waals surface area contributed by atoms with Crippen molar-refractivity contribution in [3.63, 3.8) is 0 Å². The van der Waals surface area contributed by atoms with Crippen LogP contribution < -0.4 is 19.7 Å². The molecule has 24 heavy (non-hydrogen) atoms. The van der Waals surface area contributed by atoms with Crippen LogP contribution in [0.3, 0.4) is 0 Å². The highest BCUT2D eigenvalue weighted by Gasteiger charge is 2.25. The molecule has 2 aromatic rings. The largest absolute Gasteiger partial charge is 0.488 e. The van der Waals surface area contributed by atoms with Crippen molar-refractivity contribution in [1.29, 1.82) is 0 Å². The predicted octanol–water partition coefficient (Wildman–Crippen LogP) is 1.52. The van der Waals surface area contributed by atoms with E-state index >= 15 is 0 Å². The van der Waals surface area contributed by atoms with E-state index in [2.05, 4.69) is 32.1 Å². The van der Waals surface area contributed by atoms with Gasteiger partial charge in [0, 0.05) is 44.3 Å². The van der Waals surface area contributed by atoms with Gasteiger partial charge in [0.05, 0.1) is 6.20 Å². The Morgan fingerprint density at radius 1 is 1.21 bits per heavy atom. The Morgan fingerprint density at radius 2 is 2.08 bits per heavy atom. The molecule has 0 aromatic carbocycles. The Morgan fingerprint density at radius 3 is 2.92 bits per heavy atom. The molecule has 1 saturated heterocycles. The molecule has 0 bridgehead atoms. The molecule has 2 aromatic heterocycles. The summed E-state index contributed by atoms with van der Waals surface area (Å²) >= 11 is 0. The molecule has 128 valence electrons. The smallest absolute Gasteiger partial charge is 0.257 e. The number of aromatic nitrogens is 3. The van der Waals surface area contributed by atoms with Crippen molar-refractivity contribution in [1.82, 2.24) is 20.3 Å². The van der Waals surface area contributed by atoms with E-state index in [0.29, 0.717) is 25.1 Å². The predicted molar refractivity (Wildman–Crippen MR) is 91.6 cm³/mol. The van der Waals surface area contributed by atoms with Crippen molar-refractivity contribution in [2.75, 3.05) is 37.7 Å². The third kappa shape index (κ3) is 4.11. The van der Waals surface area contributed by atoms with Crippen molar-refractivity contribution in [2.24, 2.45) is 0 Å². The normalized spacial score (nSPS) is 17.5. The minimum atomic E-state index is 0.406. The first-order chi connectivity index (χ1) is 11.9. The van der Waals surface area contributed by atoms with Gasteiger partial charge in [-0.05, 0) is 18.6 Å². The van der Waals surface area contributed by atoms with E-state index in [0.717, 1.165) is 37.6 Å². The number of rotatable bonds is 7. The zero-order chi connectivity index (χ0) is 16.6. The Bertz CT molecular complexity index is 625. The van der Waals surface area contributed by atoms with Crippen LogP contribution in [-0.2, 0) is 0 Å². The van der Waals surface area contributed by atoms with Crippen LogP contribution in [0.15, 0.2) is 36.9 Å². The van der Waals surface area contributed by atoms with Crippen molar-refractivity contribution >= 4 is 5.82 Å². The molecule has 1 atom stereocenters. The van der Waals surface area contributed by atoms with E-state index in [4.69, 9.17) is 9.47 Å². The maximum atomic E-state index is 5.82. The zero-order valence-electron chi connectivity index (χ0n) is 13.9. The SMILES string of the molecule is CCC1CNCCN1c1nccnc1OCCOc1cccnc1. The van der Waals surface area contributed by atoms with Gasteiger partial charge < -0.3 is 19.7 Å². The number of anilines is 1. The molecule has 3 heterocycles. The first kappa shape index (κ1) is 16.4. The zero-order valence-corrected chi connectivity index (χ0v) is 13.9. The molecule has 1 N–H and O–H groups in total. The Labute approximate surface area is 142 Å². The van der Waals surface area contributed by atoms with Gasteiger partial charge in [-0.3, -0.25) is 4.98 Å². The van der Waals surface area contributed by atoms with Crippen LogP contribution in [0.5, 0.6) is 11.6 Å². The van der Waals surface area contributed by atoms with Crippen molar-refractivity contribution in [3.8, 4) is 11.6 Å². The molecule has 1 aliphatic heterocycles. The molecule has 0 saturated carbocycles. The lowest BCUT2D eigenvalue weighted by Gasteiger charge is -2.36. The van der Waals surface area contributed by atoms with Crippen molar-refractivity contribution in [3.05, 3.63) is 36.9 Å². The third-order valence-corrected chi connectivity index (χ3v) is 3.97. The van der Waals surface area contributed by atoms with E-state index < -0.39 is 0 Å². The first-order valence-electron chi connectivity index (χ1n) is 8.32. The van der Waals surface area contributed by atoms with Crippen LogP contribution in [0, 0.1) is 0 Å². The summed E-state index contributed by atoms with van der Waals surface area (Å²) in [7, 11) is 0. The number of nitrogens with one attached hydrogen (secondary N) is 1. The van der Waals surface area contributed by atoms with Crippen molar-refractivity contribution in [2.45, 2.75) is 19.4 Å². The number of piperazine rings is 1. The standard InChI is InChI=1S/C17H23N5O2/c1-2-14-12-19-8-9-22(14)16-17(21-7-6-20-16)24-11-10-23-15-4-3-5-18-13-15/h3-7,13-14,19H,2,8-12H2,1H3. The maximum Gasteiger partial charge on any atom is 0.257 e. The van der Waals surface area contributed by atoms with E-state index in [1.807, 2.05) is 12.1 Å². The number of hydrogen-bond donors (Lipinski definition) is 1. The van der Waals surface area contributed by atoms with Gasteiger partial charge in [-0.15, -0.1) is 0 Å². The van der Waals surface area contributed by atoms with E-state index in [1.54, 1.807) is 24.8 Å². The summed E-state index contributed by atoms with van der Waals surface area (Å²) in [6, 6.07) is 4.11. The highest BCUT2D eigenvalue weighted by molar-refractivity contribution is 5.49. The first-order valence-corrected chi connectivity index (χ1v) is 8.32.